The lowest BCUT2D eigenvalue weighted by Gasteiger charge is -2.23. The third-order valence-corrected chi connectivity index (χ3v) is 4.61. The van der Waals surface area contributed by atoms with Gasteiger partial charge in [0.15, 0.2) is 5.60 Å². The number of benzene rings is 2. The zero-order chi connectivity index (χ0) is 19.0. The molecule has 2 heterocycles. The molecular weight excluding hydrogens is 346 g/mol. The fourth-order valence-electron chi connectivity index (χ4n) is 3.44. The van der Waals surface area contributed by atoms with E-state index >= 15 is 0 Å². The number of nitrogens with zero attached hydrogens (tertiary/aromatic N) is 3. The smallest absolute Gasteiger partial charge is 0.264 e. The number of hydrogen-bond acceptors (Lipinski definition) is 6. The Morgan fingerprint density at radius 3 is 2.56 bits per heavy atom. The first-order valence-electron chi connectivity index (χ1n) is 8.69. The highest BCUT2D eigenvalue weighted by Gasteiger charge is 2.50. The highest BCUT2D eigenvalue weighted by molar-refractivity contribution is 6.06. The highest BCUT2D eigenvalue weighted by atomic mass is 16.4. The number of amides is 1. The van der Waals surface area contributed by atoms with Gasteiger partial charge in [0.1, 0.15) is 6.54 Å². The molecule has 3 aromatic rings. The minimum absolute atomic E-state index is 0.0395. The van der Waals surface area contributed by atoms with Crippen molar-refractivity contribution in [3.63, 3.8) is 0 Å². The van der Waals surface area contributed by atoms with Crippen molar-refractivity contribution in [1.82, 2.24) is 10.2 Å². The number of anilines is 1. The lowest BCUT2D eigenvalue weighted by molar-refractivity contribution is -0.139. The van der Waals surface area contributed by atoms with Gasteiger partial charge in [-0.3, -0.25) is 9.69 Å². The molecule has 7 nitrogen and oxygen atoms in total. The van der Waals surface area contributed by atoms with Gasteiger partial charge in [0.2, 0.25) is 11.8 Å². The molecule has 2 aromatic carbocycles. The van der Waals surface area contributed by atoms with Crippen LogP contribution in [0.2, 0.25) is 0 Å². The third-order valence-electron chi connectivity index (χ3n) is 4.61. The zero-order valence-corrected chi connectivity index (χ0v) is 14.7. The molecule has 4 rings (SSSR count). The third kappa shape index (κ3) is 3.01. The molecule has 1 amide bonds. The number of carbonyl (C=O) groups excluding carboxylic acids is 1. The minimum Gasteiger partial charge on any atom is -0.419 e. The van der Waals surface area contributed by atoms with Crippen molar-refractivity contribution in [2.45, 2.75) is 31.6 Å². The first-order chi connectivity index (χ1) is 13.0. The summed E-state index contributed by atoms with van der Waals surface area (Å²) in [6.07, 6.45) is -0.918. The van der Waals surface area contributed by atoms with Crippen molar-refractivity contribution < 1.29 is 19.4 Å². The molecule has 0 aliphatic carbocycles. The fourth-order valence-corrected chi connectivity index (χ4v) is 3.44. The van der Waals surface area contributed by atoms with Crippen LogP contribution in [-0.2, 0) is 16.9 Å². The molecule has 1 aliphatic rings. The number of carbonyl (C=O) groups is 1. The Labute approximate surface area is 155 Å². The van der Waals surface area contributed by atoms with Gasteiger partial charge in [-0.2, -0.15) is 0 Å². The van der Waals surface area contributed by atoms with Crippen molar-refractivity contribution in [3.05, 3.63) is 66.1 Å². The SMILES string of the molecule is C[C@H](O)C[C@]1(O)C(=O)N(Cc2nnc(-c3ccccc3)o2)c2ccccc21. The van der Waals surface area contributed by atoms with Crippen molar-refractivity contribution in [1.29, 1.82) is 0 Å². The summed E-state index contributed by atoms with van der Waals surface area (Å²) in [7, 11) is 0. The van der Waals surface area contributed by atoms with E-state index in [4.69, 9.17) is 4.42 Å². The summed E-state index contributed by atoms with van der Waals surface area (Å²) in [5.74, 6) is 0.118. The molecule has 0 spiro atoms. The van der Waals surface area contributed by atoms with Crippen molar-refractivity contribution in [2.75, 3.05) is 4.90 Å². The molecule has 0 unspecified atom stereocenters. The summed E-state index contributed by atoms with van der Waals surface area (Å²) >= 11 is 0. The number of aliphatic hydroxyl groups excluding tert-OH is 1. The quantitative estimate of drug-likeness (QED) is 0.719. The number of para-hydroxylation sites is 1. The Bertz CT molecular complexity index is 970. The maximum atomic E-state index is 13.0. The first-order valence-corrected chi connectivity index (χ1v) is 8.69. The summed E-state index contributed by atoms with van der Waals surface area (Å²) in [6.45, 7) is 1.58. The maximum absolute atomic E-state index is 13.0. The molecule has 0 saturated carbocycles. The van der Waals surface area contributed by atoms with Crippen LogP contribution in [0.5, 0.6) is 0 Å². The molecule has 1 aromatic heterocycles. The minimum atomic E-state index is -1.77. The van der Waals surface area contributed by atoms with Gasteiger partial charge in [-0.05, 0) is 25.1 Å². The van der Waals surface area contributed by atoms with E-state index in [2.05, 4.69) is 10.2 Å². The van der Waals surface area contributed by atoms with Gasteiger partial charge >= 0.3 is 0 Å². The molecule has 1 aliphatic heterocycles. The van der Waals surface area contributed by atoms with E-state index < -0.39 is 17.6 Å². The van der Waals surface area contributed by atoms with Crippen LogP contribution in [-0.4, -0.2) is 32.4 Å². The Balaban J connectivity index is 1.65. The maximum Gasteiger partial charge on any atom is 0.264 e. The summed E-state index contributed by atoms with van der Waals surface area (Å²) in [6, 6.07) is 16.3. The fraction of sp³-hybridized carbons (Fsp3) is 0.250. The second-order valence-electron chi connectivity index (χ2n) is 6.69. The summed E-state index contributed by atoms with van der Waals surface area (Å²) in [4.78, 5) is 14.4. The van der Waals surface area contributed by atoms with Crippen molar-refractivity contribution in [2.24, 2.45) is 0 Å². The van der Waals surface area contributed by atoms with Crippen LogP contribution in [0.1, 0.15) is 24.8 Å². The Hall–Kier alpha value is -3.03. The van der Waals surface area contributed by atoms with Crippen LogP contribution in [0.15, 0.2) is 59.0 Å². The van der Waals surface area contributed by atoms with Crippen molar-refractivity contribution in [3.8, 4) is 11.5 Å². The molecule has 27 heavy (non-hydrogen) atoms. The van der Waals surface area contributed by atoms with E-state index in [1.54, 1.807) is 31.2 Å². The number of aliphatic hydroxyl groups is 2. The Morgan fingerprint density at radius 1 is 1.11 bits per heavy atom. The first kappa shape index (κ1) is 17.4. The predicted octanol–water partition coefficient (Wildman–Crippen LogP) is 2.24. The molecule has 0 saturated heterocycles. The van der Waals surface area contributed by atoms with Gasteiger partial charge in [-0.15, -0.1) is 10.2 Å². The molecule has 2 N–H and O–H groups in total. The lowest BCUT2D eigenvalue weighted by atomic mass is 9.90. The molecule has 7 heteroatoms. The van der Waals surface area contributed by atoms with Gasteiger partial charge in [0, 0.05) is 17.5 Å². The molecular formula is C20H19N3O4. The van der Waals surface area contributed by atoms with Gasteiger partial charge in [-0.1, -0.05) is 36.4 Å². The predicted molar refractivity (Wildman–Crippen MR) is 97.6 cm³/mol. The van der Waals surface area contributed by atoms with Gasteiger partial charge in [0.25, 0.3) is 5.91 Å². The normalized spacial score (nSPS) is 20.0. The largest absolute Gasteiger partial charge is 0.419 e. The van der Waals surface area contributed by atoms with Crippen LogP contribution < -0.4 is 4.90 Å². The Kier molecular flexibility index (Phi) is 4.25. The van der Waals surface area contributed by atoms with Gasteiger partial charge in [-0.25, -0.2) is 0 Å². The van der Waals surface area contributed by atoms with Crippen LogP contribution >= 0.6 is 0 Å². The van der Waals surface area contributed by atoms with Crippen molar-refractivity contribution >= 4 is 11.6 Å². The molecule has 138 valence electrons. The Morgan fingerprint density at radius 2 is 1.81 bits per heavy atom. The van der Waals surface area contributed by atoms with Gasteiger partial charge < -0.3 is 14.6 Å². The monoisotopic (exact) mass is 365 g/mol. The molecule has 0 bridgehead atoms. The van der Waals surface area contributed by atoms with Gasteiger partial charge in [0.05, 0.1) is 11.8 Å². The number of fused-ring (bicyclic) bond motifs is 1. The second kappa shape index (κ2) is 6.61. The molecule has 0 radical (unpaired) electrons. The van der Waals surface area contributed by atoms with E-state index in [0.29, 0.717) is 17.1 Å². The van der Waals surface area contributed by atoms with E-state index in [0.717, 1.165) is 5.56 Å². The van der Waals surface area contributed by atoms with Crippen LogP contribution in [0.3, 0.4) is 0 Å². The average Bonchev–Trinajstić information content (AvgIpc) is 3.21. The summed E-state index contributed by atoms with van der Waals surface area (Å²) in [5.41, 5.74) is 0.0614. The standard InChI is InChI=1S/C20H19N3O4/c1-13(24)11-20(26)15-9-5-6-10-16(15)23(19(20)25)12-17-21-22-18(27-17)14-7-3-2-4-8-14/h2-10,13,24,26H,11-12H2,1H3/t13-,20+/m0/s1. The van der Waals surface area contributed by atoms with E-state index in [1.807, 2.05) is 30.3 Å². The summed E-state index contributed by atoms with van der Waals surface area (Å²) in [5, 5.41) is 28.8. The van der Waals surface area contributed by atoms with E-state index in [-0.39, 0.29) is 18.9 Å². The molecule has 2 atom stereocenters. The average molecular weight is 365 g/mol. The van der Waals surface area contributed by atoms with E-state index in [1.165, 1.54) is 4.90 Å². The topological polar surface area (TPSA) is 99.7 Å². The number of hydrogen-bond donors (Lipinski definition) is 2. The zero-order valence-electron chi connectivity index (χ0n) is 14.7. The lowest BCUT2D eigenvalue weighted by Crippen LogP contribution is -2.42. The molecule has 0 fully saturated rings. The van der Waals surface area contributed by atoms with Crippen LogP contribution in [0.4, 0.5) is 5.69 Å². The number of aromatic nitrogens is 2. The summed E-state index contributed by atoms with van der Waals surface area (Å²) < 4.78 is 5.70. The van der Waals surface area contributed by atoms with Crippen LogP contribution in [0, 0.1) is 0 Å². The highest BCUT2D eigenvalue weighted by Crippen LogP contribution is 2.43. The second-order valence-corrected chi connectivity index (χ2v) is 6.69. The van der Waals surface area contributed by atoms with Crippen LogP contribution in [0.25, 0.3) is 11.5 Å². The number of rotatable bonds is 5. The van der Waals surface area contributed by atoms with E-state index in [9.17, 15) is 15.0 Å².